The van der Waals surface area contributed by atoms with Crippen LogP contribution in [0.5, 0.6) is 0 Å². The fourth-order valence-corrected chi connectivity index (χ4v) is 2.48. The van der Waals surface area contributed by atoms with Crippen molar-refractivity contribution >= 4 is 23.5 Å². The van der Waals surface area contributed by atoms with Crippen molar-refractivity contribution < 1.29 is 19.1 Å². The molecule has 1 aliphatic heterocycles. The van der Waals surface area contributed by atoms with E-state index in [1.165, 1.54) is 24.0 Å². The molecular formula is C13H13ClFNO3. The van der Waals surface area contributed by atoms with E-state index in [1.807, 2.05) is 0 Å². The Morgan fingerprint density at radius 3 is 2.74 bits per heavy atom. The number of rotatable bonds is 2. The third-order valence-corrected chi connectivity index (χ3v) is 3.74. The number of likely N-dealkylation sites (tertiary alicyclic amines) is 1. The fourth-order valence-electron chi connectivity index (χ4n) is 2.32. The Morgan fingerprint density at radius 1 is 1.47 bits per heavy atom. The van der Waals surface area contributed by atoms with Crippen LogP contribution >= 0.6 is 11.6 Å². The zero-order valence-corrected chi connectivity index (χ0v) is 11.1. The first kappa shape index (κ1) is 13.8. The molecule has 6 heteroatoms. The van der Waals surface area contributed by atoms with E-state index >= 15 is 0 Å². The predicted octanol–water partition coefficient (Wildman–Crippen LogP) is 2.56. The molecule has 1 heterocycles. The molecule has 0 radical (unpaired) electrons. The topological polar surface area (TPSA) is 57.6 Å². The lowest BCUT2D eigenvalue weighted by Crippen LogP contribution is -2.50. The van der Waals surface area contributed by atoms with Gasteiger partial charge in [0, 0.05) is 11.6 Å². The normalized spacial score (nSPS) is 22.6. The summed E-state index contributed by atoms with van der Waals surface area (Å²) in [7, 11) is 0. The summed E-state index contributed by atoms with van der Waals surface area (Å²) in [6.45, 7) is 1.79. The van der Waals surface area contributed by atoms with Crippen LogP contribution in [0.3, 0.4) is 0 Å². The van der Waals surface area contributed by atoms with E-state index in [-0.39, 0.29) is 10.6 Å². The summed E-state index contributed by atoms with van der Waals surface area (Å²) in [4.78, 5) is 24.8. The van der Waals surface area contributed by atoms with Crippen LogP contribution < -0.4 is 0 Å². The lowest BCUT2D eigenvalue weighted by molar-refractivity contribution is -0.147. The molecule has 1 unspecified atom stereocenters. The number of carbonyl (C=O) groups is 2. The maximum atomic E-state index is 13.7. The third-order valence-electron chi connectivity index (χ3n) is 3.51. The van der Waals surface area contributed by atoms with Crippen LogP contribution in [0.15, 0.2) is 18.2 Å². The van der Waals surface area contributed by atoms with Crippen LogP contribution in [0, 0.1) is 5.82 Å². The van der Waals surface area contributed by atoms with Crippen LogP contribution in [-0.4, -0.2) is 34.0 Å². The highest BCUT2D eigenvalue weighted by molar-refractivity contribution is 6.30. The van der Waals surface area contributed by atoms with Crippen molar-refractivity contribution in [2.24, 2.45) is 0 Å². The predicted molar refractivity (Wildman–Crippen MR) is 67.7 cm³/mol. The van der Waals surface area contributed by atoms with Gasteiger partial charge >= 0.3 is 5.97 Å². The van der Waals surface area contributed by atoms with Crippen molar-refractivity contribution in [3.63, 3.8) is 0 Å². The number of halogens is 2. The quantitative estimate of drug-likeness (QED) is 0.908. The smallest absolute Gasteiger partial charge is 0.329 e. The minimum Gasteiger partial charge on any atom is -0.480 e. The second-order valence-electron chi connectivity index (χ2n) is 4.76. The van der Waals surface area contributed by atoms with Gasteiger partial charge in [-0.1, -0.05) is 11.6 Å². The molecule has 0 spiro atoms. The van der Waals surface area contributed by atoms with Gasteiger partial charge in [0.05, 0.1) is 5.56 Å². The number of hydrogen-bond donors (Lipinski definition) is 1. The van der Waals surface area contributed by atoms with Gasteiger partial charge < -0.3 is 10.0 Å². The van der Waals surface area contributed by atoms with Crippen LogP contribution in [0.25, 0.3) is 0 Å². The van der Waals surface area contributed by atoms with Gasteiger partial charge in [-0.3, -0.25) is 4.79 Å². The summed E-state index contributed by atoms with van der Waals surface area (Å²) in [6.07, 6.45) is 0.951. The van der Waals surface area contributed by atoms with Crippen LogP contribution in [0.4, 0.5) is 4.39 Å². The number of aliphatic carboxylic acids is 1. The molecule has 102 valence electrons. The standard InChI is InChI=1S/C13H13ClFNO3/c1-13(12(18)19)5-2-6-16(13)11(17)9-4-3-8(14)7-10(9)15/h3-4,7H,2,5-6H2,1H3,(H,18,19). The molecule has 1 N–H and O–H groups in total. The Balaban J connectivity index is 2.36. The molecule has 1 aromatic carbocycles. The Labute approximate surface area is 114 Å². The van der Waals surface area contributed by atoms with Gasteiger partial charge in [0.25, 0.3) is 5.91 Å². The summed E-state index contributed by atoms with van der Waals surface area (Å²) in [5.74, 6) is -2.43. The Kier molecular flexibility index (Phi) is 3.49. The molecule has 2 rings (SSSR count). The summed E-state index contributed by atoms with van der Waals surface area (Å²) < 4.78 is 13.7. The van der Waals surface area contributed by atoms with Crippen molar-refractivity contribution in [3.05, 3.63) is 34.6 Å². The van der Waals surface area contributed by atoms with Gasteiger partial charge in [-0.25, -0.2) is 9.18 Å². The molecule has 4 nitrogen and oxygen atoms in total. The molecule has 1 atom stereocenters. The Bertz CT molecular complexity index is 549. The molecular weight excluding hydrogens is 273 g/mol. The van der Waals surface area contributed by atoms with E-state index in [4.69, 9.17) is 11.6 Å². The zero-order chi connectivity index (χ0) is 14.2. The highest BCUT2D eigenvalue weighted by Crippen LogP contribution is 2.31. The number of carboxylic acid groups (broad SMARTS) is 1. The summed E-state index contributed by atoms with van der Waals surface area (Å²) in [5, 5.41) is 9.43. The monoisotopic (exact) mass is 285 g/mol. The molecule has 1 aromatic rings. The second kappa shape index (κ2) is 4.81. The third kappa shape index (κ3) is 2.30. The molecule has 1 fully saturated rings. The van der Waals surface area contributed by atoms with E-state index in [0.717, 1.165) is 6.07 Å². The molecule has 1 saturated heterocycles. The second-order valence-corrected chi connectivity index (χ2v) is 5.20. The van der Waals surface area contributed by atoms with Gasteiger partial charge in [0.15, 0.2) is 0 Å². The van der Waals surface area contributed by atoms with Crippen LogP contribution in [0.1, 0.15) is 30.1 Å². The van der Waals surface area contributed by atoms with Gasteiger partial charge in [-0.2, -0.15) is 0 Å². The molecule has 0 aromatic heterocycles. The summed E-state index contributed by atoms with van der Waals surface area (Å²) in [6, 6.07) is 3.73. The minimum absolute atomic E-state index is 0.154. The first-order valence-corrected chi connectivity index (χ1v) is 6.24. The Morgan fingerprint density at radius 2 is 2.16 bits per heavy atom. The summed E-state index contributed by atoms with van der Waals surface area (Å²) >= 11 is 5.63. The van der Waals surface area contributed by atoms with Crippen molar-refractivity contribution in [2.45, 2.75) is 25.3 Å². The molecule has 1 amide bonds. The van der Waals surface area contributed by atoms with Gasteiger partial charge in [0.1, 0.15) is 11.4 Å². The largest absolute Gasteiger partial charge is 0.480 e. The van der Waals surface area contributed by atoms with Crippen molar-refractivity contribution in [1.82, 2.24) is 4.90 Å². The lowest BCUT2D eigenvalue weighted by Gasteiger charge is -2.31. The van der Waals surface area contributed by atoms with Crippen molar-refractivity contribution in [3.8, 4) is 0 Å². The number of hydrogen-bond acceptors (Lipinski definition) is 2. The average molecular weight is 286 g/mol. The summed E-state index contributed by atoms with van der Waals surface area (Å²) in [5.41, 5.74) is -1.43. The van der Waals surface area contributed by atoms with Gasteiger partial charge in [0.2, 0.25) is 0 Å². The number of nitrogens with zero attached hydrogens (tertiary/aromatic N) is 1. The van der Waals surface area contributed by atoms with Crippen LogP contribution in [-0.2, 0) is 4.79 Å². The SMILES string of the molecule is CC1(C(=O)O)CCCN1C(=O)c1ccc(Cl)cc1F. The van der Waals surface area contributed by atoms with Gasteiger partial charge in [-0.15, -0.1) is 0 Å². The molecule has 0 aliphatic carbocycles. The first-order valence-electron chi connectivity index (χ1n) is 5.86. The Hall–Kier alpha value is -1.62. The van der Waals surface area contributed by atoms with Crippen molar-refractivity contribution in [2.75, 3.05) is 6.54 Å². The number of amides is 1. The van der Waals surface area contributed by atoms with Crippen molar-refractivity contribution in [1.29, 1.82) is 0 Å². The van der Waals surface area contributed by atoms with E-state index in [9.17, 15) is 19.1 Å². The lowest BCUT2D eigenvalue weighted by atomic mass is 9.98. The van der Waals surface area contributed by atoms with E-state index in [2.05, 4.69) is 0 Å². The number of carbonyl (C=O) groups excluding carboxylic acids is 1. The molecule has 1 aliphatic rings. The molecule has 19 heavy (non-hydrogen) atoms. The first-order chi connectivity index (χ1) is 8.86. The highest BCUT2D eigenvalue weighted by atomic mass is 35.5. The minimum atomic E-state index is -1.27. The zero-order valence-electron chi connectivity index (χ0n) is 10.3. The molecule has 0 saturated carbocycles. The maximum absolute atomic E-state index is 13.7. The van der Waals surface area contributed by atoms with Gasteiger partial charge in [-0.05, 0) is 38.0 Å². The maximum Gasteiger partial charge on any atom is 0.329 e. The average Bonchev–Trinajstić information content (AvgIpc) is 2.72. The fraction of sp³-hybridized carbons (Fsp3) is 0.385. The number of carboxylic acids is 1. The number of benzene rings is 1. The molecule has 0 bridgehead atoms. The highest BCUT2D eigenvalue weighted by Gasteiger charge is 2.46. The van der Waals surface area contributed by atoms with E-state index in [1.54, 1.807) is 0 Å². The van der Waals surface area contributed by atoms with E-state index in [0.29, 0.717) is 19.4 Å². The van der Waals surface area contributed by atoms with Crippen LogP contribution in [0.2, 0.25) is 5.02 Å². The van der Waals surface area contributed by atoms with E-state index < -0.39 is 23.2 Å².